The fraction of sp³-hybridized carbons (Fsp3) is 0.100. The Morgan fingerprint density at radius 1 is 1.14 bits per heavy atom. The Morgan fingerprint density at radius 2 is 1.81 bits per heavy atom. The van der Waals surface area contributed by atoms with Crippen LogP contribution in [-0.2, 0) is 6.18 Å². The molecule has 8 nitrogen and oxygen atoms in total. The van der Waals surface area contributed by atoms with Gasteiger partial charge in [-0.25, -0.2) is 4.68 Å². The zero-order valence-corrected chi connectivity index (χ0v) is 9.94. The number of benzene rings is 1. The molecule has 2 rings (SSSR count). The maximum absolute atomic E-state index is 12.5. The van der Waals surface area contributed by atoms with E-state index >= 15 is 0 Å². The number of hydrogen-bond donors (Lipinski definition) is 0. The van der Waals surface area contributed by atoms with Gasteiger partial charge in [0.2, 0.25) is 0 Å². The van der Waals surface area contributed by atoms with Crippen LogP contribution in [0.1, 0.15) is 5.56 Å². The zero-order chi connectivity index (χ0) is 15.8. The van der Waals surface area contributed by atoms with E-state index in [2.05, 4.69) is 5.10 Å². The van der Waals surface area contributed by atoms with Gasteiger partial charge in [-0.3, -0.25) is 20.2 Å². The molecule has 0 unspecified atom stereocenters. The van der Waals surface area contributed by atoms with E-state index in [1.165, 1.54) is 0 Å². The number of nitro benzene ring substituents is 1. The van der Waals surface area contributed by atoms with Crippen molar-refractivity contribution < 1.29 is 23.0 Å². The zero-order valence-electron chi connectivity index (χ0n) is 9.94. The summed E-state index contributed by atoms with van der Waals surface area (Å²) in [5, 5.41) is 24.9. The summed E-state index contributed by atoms with van der Waals surface area (Å²) in [6.45, 7) is 0. The molecule has 0 amide bonds. The van der Waals surface area contributed by atoms with Crippen molar-refractivity contribution in [2.24, 2.45) is 0 Å². The highest BCUT2D eigenvalue weighted by Gasteiger charge is 2.33. The van der Waals surface area contributed by atoms with E-state index in [4.69, 9.17) is 0 Å². The van der Waals surface area contributed by atoms with Gasteiger partial charge in [-0.2, -0.15) is 18.3 Å². The van der Waals surface area contributed by atoms with Crippen LogP contribution in [0.5, 0.6) is 0 Å². The van der Waals surface area contributed by atoms with Gasteiger partial charge in [0.1, 0.15) is 18.1 Å². The number of nitrogens with zero attached hydrogens (tertiary/aromatic N) is 4. The molecular formula is C10H5F3N4O4. The molecule has 0 spiro atoms. The first-order valence-corrected chi connectivity index (χ1v) is 5.25. The van der Waals surface area contributed by atoms with Crippen molar-refractivity contribution in [3.05, 3.63) is 56.4 Å². The summed E-state index contributed by atoms with van der Waals surface area (Å²) in [6, 6.07) is 1.82. The van der Waals surface area contributed by atoms with Crippen LogP contribution in [0, 0.1) is 20.2 Å². The molecule has 0 bridgehead atoms. The summed E-state index contributed by atoms with van der Waals surface area (Å²) < 4.78 is 38.4. The Kier molecular flexibility index (Phi) is 3.33. The third kappa shape index (κ3) is 2.80. The van der Waals surface area contributed by atoms with Gasteiger partial charge in [0.05, 0.1) is 15.4 Å². The lowest BCUT2D eigenvalue weighted by atomic mass is 10.1. The maximum Gasteiger partial charge on any atom is 0.416 e. The van der Waals surface area contributed by atoms with Crippen LogP contribution in [0.4, 0.5) is 24.5 Å². The monoisotopic (exact) mass is 302 g/mol. The maximum atomic E-state index is 12.5. The van der Waals surface area contributed by atoms with Crippen molar-refractivity contribution in [1.82, 2.24) is 9.78 Å². The molecule has 0 N–H and O–H groups in total. The molecule has 0 saturated heterocycles. The van der Waals surface area contributed by atoms with Gasteiger partial charge in [0.15, 0.2) is 0 Å². The fourth-order valence-electron chi connectivity index (χ4n) is 1.58. The number of aromatic nitrogens is 2. The van der Waals surface area contributed by atoms with E-state index in [9.17, 15) is 33.4 Å². The van der Waals surface area contributed by atoms with Crippen LogP contribution in [0.3, 0.4) is 0 Å². The topological polar surface area (TPSA) is 104 Å². The van der Waals surface area contributed by atoms with Crippen molar-refractivity contribution >= 4 is 11.4 Å². The summed E-state index contributed by atoms with van der Waals surface area (Å²) in [6.07, 6.45) is -3.03. The first kappa shape index (κ1) is 14.4. The minimum Gasteiger partial charge on any atom is -0.258 e. The van der Waals surface area contributed by atoms with Crippen molar-refractivity contribution in [3.63, 3.8) is 0 Å². The van der Waals surface area contributed by atoms with E-state index in [1.54, 1.807) is 0 Å². The number of halogens is 3. The summed E-state index contributed by atoms with van der Waals surface area (Å²) >= 11 is 0. The van der Waals surface area contributed by atoms with E-state index in [1.807, 2.05) is 0 Å². The van der Waals surface area contributed by atoms with Gasteiger partial charge in [0.25, 0.3) is 5.69 Å². The fourth-order valence-corrected chi connectivity index (χ4v) is 1.58. The Bertz CT molecular complexity index is 725. The first-order chi connectivity index (χ1) is 9.70. The second kappa shape index (κ2) is 4.85. The minimum atomic E-state index is -4.74. The van der Waals surface area contributed by atoms with E-state index in [0.29, 0.717) is 12.1 Å². The summed E-state index contributed by atoms with van der Waals surface area (Å²) in [5.41, 5.74) is -2.80. The quantitative estimate of drug-likeness (QED) is 0.640. The molecule has 0 saturated carbocycles. The van der Waals surface area contributed by atoms with Gasteiger partial charge >= 0.3 is 11.9 Å². The van der Waals surface area contributed by atoms with E-state index in [-0.39, 0.29) is 5.69 Å². The first-order valence-electron chi connectivity index (χ1n) is 5.25. The molecule has 21 heavy (non-hydrogen) atoms. The molecule has 2 aromatic rings. The molecule has 1 heterocycles. The van der Waals surface area contributed by atoms with Gasteiger partial charge in [-0.05, 0) is 12.1 Å². The molecule has 1 aromatic heterocycles. The lowest BCUT2D eigenvalue weighted by Crippen LogP contribution is -2.08. The predicted molar refractivity (Wildman–Crippen MR) is 61.9 cm³/mol. The Balaban J connectivity index is 2.57. The van der Waals surface area contributed by atoms with Crippen molar-refractivity contribution in [3.8, 4) is 5.69 Å². The molecule has 0 aliphatic carbocycles. The van der Waals surface area contributed by atoms with Crippen LogP contribution in [0.15, 0.2) is 30.6 Å². The molecule has 0 aliphatic rings. The lowest BCUT2D eigenvalue weighted by Gasteiger charge is -2.08. The molecule has 11 heteroatoms. The Hall–Kier alpha value is -2.98. The molecule has 0 atom stereocenters. The summed E-state index contributed by atoms with van der Waals surface area (Å²) in [5.74, 6) is 0. The number of alkyl halides is 3. The lowest BCUT2D eigenvalue weighted by molar-refractivity contribution is -0.385. The second-order valence-electron chi connectivity index (χ2n) is 3.86. The van der Waals surface area contributed by atoms with Crippen molar-refractivity contribution in [2.45, 2.75) is 6.18 Å². The van der Waals surface area contributed by atoms with E-state index < -0.39 is 33.0 Å². The van der Waals surface area contributed by atoms with Crippen LogP contribution in [0.25, 0.3) is 5.69 Å². The number of rotatable bonds is 3. The number of nitro groups is 2. The standard InChI is InChI=1S/C10H5F3N4O4/c11-10(12,13)6-1-2-8(9(3-6)17(20)21)15-5-7(4-14-15)16(18)19/h1-5H. The SMILES string of the molecule is O=[N+]([O-])c1cnn(-c2ccc(C(F)(F)F)cc2[N+](=O)[O-])c1. The predicted octanol–water partition coefficient (Wildman–Crippen LogP) is 2.71. The van der Waals surface area contributed by atoms with Gasteiger partial charge < -0.3 is 0 Å². The minimum absolute atomic E-state index is 0.305. The molecule has 0 radical (unpaired) electrons. The van der Waals surface area contributed by atoms with Crippen molar-refractivity contribution in [1.29, 1.82) is 0 Å². The Morgan fingerprint density at radius 3 is 2.29 bits per heavy atom. The summed E-state index contributed by atoms with van der Waals surface area (Å²) in [7, 11) is 0. The molecule has 0 aliphatic heterocycles. The summed E-state index contributed by atoms with van der Waals surface area (Å²) in [4.78, 5) is 19.6. The largest absolute Gasteiger partial charge is 0.416 e. The van der Waals surface area contributed by atoms with Crippen molar-refractivity contribution in [2.75, 3.05) is 0 Å². The highest BCUT2D eigenvalue weighted by atomic mass is 19.4. The normalized spacial score (nSPS) is 11.4. The molecule has 0 fully saturated rings. The van der Waals surface area contributed by atoms with Crippen LogP contribution in [-0.4, -0.2) is 19.6 Å². The number of hydrogen-bond acceptors (Lipinski definition) is 5. The Labute approximate surface area is 113 Å². The smallest absolute Gasteiger partial charge is 0.258 e. The van der Waals surface area contributed by atoms with Gasteiger partial charge in [-0.15, -0.1) is 0 Å². The second-order valence-corrected chi connectivity index (χ2v) is 3.86. The van der Waals surface area contributed by atoms with Crippen LogP contribution < -0.4 is 0 Å². The molecule has 110 valence electrons. The highest BCUT2D eigenvalue weighted by molar-refractivity contribution is 5.54. The van der Waals surface area contributed by atoms with Crippen LogP contribution in [0.2, 0.25) is 0 Å². The van der Waals surface area contributed by atoms with Crippen LogP contribution >= 0.6 is 0 Å². The van der Waals surface area contributed by atoms with E-state index in [0.717, 1.165) is 23.1 Å². The average molecular weight is 302 g/mol. The van der Waals surface area contributed by atoms with Gasteiger partial charge in [-0.1, -0.05) is 0 Å². The average Bonchev–Trinajstić information content (AvgIpc) is 2.86. The third-order valence-electron chi connectivity index (χ3n) is 2.53. The third-order valence-corrected chi connectivity index (χ3v) is 2.53. The molecule has 1 aromatic carbocycles. The highest BCUT2D eigenvalue weighted by Crippen LogP contribution is 2.34. The molecular weight excluding hydrogens is 297 g/mol. The van der Waals surface area contributed by atoms with Gasteiger partial charge in [0, 0.05) is 6.07 Å².